The highest BCUT2D eigenvalue weighted by molar-refractivity contribution is 6.12. The van der Waals surface area contributed by atoms with Crippen LogP contribution in [0.4, 0.5) is 11.5 Å². The molecule has 0 spiro atoms. The van der Waals surface area contributed by atoms with Crippen LogP contribution >= 0.6 is 0 Å². The Morgan fingerprint density at radius 1 is 1.19 bits per heavy atom. The molecule has 1 saturated carbocycles. The lowest BCUT2D eigenvalue weighted by Crippen LogP contribution is -2.33. The maximum Gasteiger partial charge on any atom is 0.242 e. The number of benzene rings is 1. The van der Waals surface area contributed by atoms with Gasteiger partial charge in [-0.15, -0.1) is 0 Å². The number of nitrogens with zero attached hydrogens (tertiary/aromatic N) is 5. The van der Waals surface area contributed by atoms with Crippen LogP contribution in [0.2, 0.25) is 0 Å². The summed E-state index contributed by atoms with van der Waals surface area (Å²) in [6.07, 6.45) is 8.29. The molecular formula is C20H21N5O. The predicted octanol–water partition coefficient (Wildman–Crippen LogP) is 3.44. The second-order valence-electron chi connectivity index (χ2n) is 7.79. The Labute approximate surface area is 152 Å². The Hall–Kier alpha value is -2.89. The molecule has 1 fully saturated rings. The zero-order chi connectivity index (χ0) is 18.1. The van der Waals surface area contributed by atoms with Crippen LogP contribution in [-0.2, 0) is 17.3 Å². The van der Waals surface area contributed by atoms with Crippen molar-refractivity contribution >= 4 is 17.4 Å². The number of amides is 1. The van der Waals surface area contributed by atoms with E-state index in [0.29, 0.717) is 11.7 Å². The van der Waals surface area contributed by atoms with Gasteiger partial charge in [0, 0.05) is 37.1 Å². The second-order valence-corrected chi connectivity index (χ2v) is 7.79. The van der Waals surface area contributed by atoms with Gasteiger partial charge in [-0.2, -0.15) is 5.10 Å². The predicted molar refractivity (Wildman–Crippen MR) is 98.9 cm³/mol. The quantitative estimate of drug-likeness (QED) is 0.729. The lowest BCUT2D eigenvalue weighted by atomic mass is 9.86. The molecule has 0 saturated heterocycles. The highest BCUT2D eigenvalue weighted by atomic mass is 16.2. The van der Waals surface area contributed by atoms with Crippen molar-refractivity contribution in [3.05, 3.63) is 54.2 Å². The van der Waals surface area contributed by atoms with Crippen LogP contribution in [0.1, 0.15) is 43.9 Å². The monoisotopic (exact) mass is 347 g/mol. The molecular weight excluding hydrogens is 326 g/mol. The van der Waals surface area contributed by atoms with E-state index in [4.69, 9.17) is 0 Å². The number of imidazole rings is 1. The average molecular weight is 347 g/mol. The number of anilines is 2. The minimum absolute atomic E-state index is 0.0488. The second kappa shape index (κ2) is 5.06. The minimum Gasteiger partial charge on any atom is -0.306 e. The summed E-state index contributed by atoms with van der Waals surface area (Å²) in [5.41, 5.74) is 3.52. The van der Waals surface area contributed by atoms with Crippen molar-refractivity contribution in [1.29, 1.82) is 0 Å². The zero-order valence-electron chi connectivity index (χ0n) is 15.2. The van der Waals surface area contributed by atoms with E-state index in [1.165, 1.54) is 12.8 Å². The van der Waals surface area contributed by atoms with E-state index in [2.05, 4.69) is 34.5 Å². The molecule has 2 aliphatic rings. The van der Waals surface area contributed by atoms with Gasteiger partial charge in [0.1, 0.15) is 0 Å². The van der Waals surface area contributed by atoms with Gasteiger partial charge in [0.2, 0.25) is 5.91 Å². The van der Waals surface area contributed by atoms with E-state index in [1.54, 1.807) is 9.58 Å². The fourth-order valence-electron chi connectivity index (χ4n) is 3.72. The van der Waals surface area contributed by atoms with Crippen molar-refractivity contribution in [1.82, 2.24) is 19.3 Å². The standard InChI is InChI=1S/C20H21N5O/c1-20(2)15-7-6-14(24-11-16(21-12-24)13-4-5-13)10-17(15)25(19(20)26)18-8-9-23(3)22-18/h6-13H,4-5H2,1-3H3. The maximum absolute atomic E-state index is 13.1. The summed E-state index contributed by atoms with van der Waals surface area (Å²) in [6, 6.07) is 8.06. The van der Waals surface area contributed by atoms with Crippen LogP contribution in [0.15, 0.2) is 43.0 Å². The van der Waals surface area contributed by atoms with Crippen LogP contribution in [0.3, 0.4) is 0 Å². The van der Waals surface area contributed by atoms with Gasteiger partial charge in [0.25, 0.3) is 0 Å². The summed E-state index contributed by atoms with van der Waals surface area (Å²) in [5.74, 6) is 1.33. The van der Waals surface area contributed by atoms with Crippen molar-refractivity contribution in [2.24, 2.45) is 7.05 Å². The molecule has 6 heteroatoms. The van der Waals surface area contributed by atoms with Crippen molar-refractivity contribution in [2.45, 2.75) is 38.0 Å². The van der Waals surface area contributed by atoms with Crippen molar-refractivity contribution in [2.75, 3.05) is 4.90 Å². The molecule has 3 heterocycles. The van der Waals surface area contributed by atoms with Gasteiger partial charge in [0.15, 0.2) is 5.82 Å². The average Bonchev–Trinajstić information content (AvgIpc) is 3.12. The number of hydrogen-bond acceptors (Lipinski definition) is 3. The summed E-state index contributed by atoms with van der Waals surface area (Å²) in [6.45, 7) is 3.94. The largest absolute Gasteiger partial charge is 0.306 e. The van der Waals surface area contributed by atoms with Gasteiger partial charge in [0.05, 0.1) is 23.1 Å². The van der Waals surface area contributed by atoms with Crippen molar-refractivity contribution in [3.63, 3.8) is 0 Å². The number of carbonyl (C=O) groups is 1. The van der Waals surface area contributed by atoms with Crippen LogP contribution in [0.5, 0.6) is 0 Å². The number of carbonyl (C=O) groups excluding carboxylic acids is 1. The molecule has 1 aromatic carbocycles. The van der Waals surface area contributed by atoms with Crippen LogP contribution in [-0.4, -0.2) is 25.2 Å². The Balaban J connectivity index is 1.62. The molecule has 1 aliphatic heterocycles. The first-order valence-corrected chi connectivity index (χ1v) is 8.98. The molecule has 3 aromatic rings. The summed E-state index contributed by atoms with van der Waals surface area (Å²) in [7, 11) is 1.86. The highest BCUT2D eigenvalue weighted by Crippen LogP contribution is 2.46. The van der Waals surface area contributed by atoms with Gasteiger partial charge >= 0.3 is 0 Å². The molecule has 0 unspecified atom stereocenters. The number of fused-ring (bicyclic) bond motifs is 1. The van der Waals surface area contributed by atoms with Gasteiger partial charge in [-0.05, 0) is 44.4 Å². The summed E-state index contributed by atoms with van der Waals surface area (Å²) < 4.78 is 3.76. The van der Waals surface area contributed by atoms with Gasteiger partial charge < -0.3 is 4.57 Å². The first kappa shape index (κ1) is 15.4. The zero-order valence-corrected chi connectivity index (χ0v) is 15.2. The molecule has 0 atom stereocenters. The van der Waals surface area contributed by atoms with E-state index in [9.17, 15) is 4.79 Å². The van der Waals surface area contributed by atoms with E-state index < -0.39 is 5.41 Å². The topological polar surface area (TPSA) is 56.0 Å². The minimum atomic E-state index is -0.570. The third kappa shape index (κ3) is 2.14. The van der Waals surface area contributed by atoms with Crippen LogP contribution < -0.4 is 4.90 Å². The number of hydrogen-bond donors (Lipinski definition) is 0. The lowest BCUT2D eigenvalue weighted by molar-refractivity contribution is -0.121. The Morgan fingerprint density at radius 3 is 2.69 bits per heavy atom. The van der Waals surface area contributed by atoms with Crippen LogP contribution in [0, 0.1) is 0 Å². The molecule has 0 radical (unpaired) electrons. The smallest absolute Gasteiger partial charge is 0.242 e. The lowest BCUT2D eigenvalue weighted by Gasteiger charge is -2.18. The molecule has 132 valence electrons. The first-order valence-electron chi connectivity index (χ1n) is 8.98. The third-order valence-electron chi connectivity index (χ3n) is 5.46. The molecule has 26 heavy (non-hydrogen) atoms. The molecule has 6 nitrogen and oxygen atoms in total. The van der Waals surface area contributed by atoms with Gasteiger partial charge in [-0.3, -0.25) is 14.4 Å². The Kier molecular flexibility index (Phi) is 2.99. The molecule has 0 bridgehead atoms. The summed E-state index contributed by atoms with van der Waals surface area (Å²) in [4.78, 5) is 19.4. The van der Waals surface area contributed by atoms with E-state index in [-0.39, 0.29) is 5.91 Å². The molecule has 1 amide bonds. The molecule has 1 aliphatic carbocycles. The highest BCUT2D eigenvalue weighted by Gasteiger charge is 2.45. The van der Waals surface area contributed by atoms with E-state index >= 15 is 0 Å². The Morgan fingerprint density at radius 2 is 2.00 bits per heavy atom. The molecule has 2 aromatic heterocycles. The summed E-state index contributed by atoms with van der Waals surface area (Å²) in [5, 5.41) is 4.45. The fourth-order valence-corrected chi connectivity index (χ4v) is 3.72. The van der Waals surface area contributed by atoms with Crippen LogP contribution in [0.25, 0.3) is 5.69 Å². The Bertz CT molecular complexity index is 1020. The fraction of sp³-hybridized carbons (Fsp3) is 0.350. The van der Waals surface area contributed by atoms with E-state index in [1.807, 2.05) is 44.1 Å². The number of rotatable bonds is 3. The summed E-state index contributed by atoms with van der Waals surface area (Å²) >= 11 is 0. The number of aryl methyl sites for hydroxylation is 1. The SMILES string of the molecule is Cn1ccc(N2C(=O)C(C)(C)c3ccc(-n4cnc(C5CC5)c4)cc32)n1. The normalized spacial score (nSPS) is 18.4. The molecule has 0 N–H and O–H groups in total. The van der Waals surface area contributed by atoms with E-state index in [0.717, 1.165) is 22.6 Å². The van der Waals surface area contributed by atoms with Crippen molar-refractivity contribution in [3.8, 4) is 5.69 Å². The van der Waals surface area contributed by atoms with Crippen molar-refractivity contribution < 1.29 is 4.79 Å². The molecule has 5 rings (SSSR count). The number of aromatic nitrogens is 4. The maximum atomic E-state index is 13.1. The first-order chi connectivity index (χ1) is 12.4. The third-order valence-corrected chi connectivity index (χ3v) is 5.46. The van der Waals surface area contributed by atoms with Gasteiger partial charge in [-0.1, -0.05) is 6.07 Å². The van der Waals surface area contributed by atoms with Gasteiger partial charge in [-0.25, -0.2) is 4.98 Å².